The number of Topliss-reactive ketones (excluding diaryl/α,β-unsaturated/α-hetero) is 1. The number of carbonyl (C=O) groups is 4. The Labute approximate surface area is 266 Å². The first-order valence-electron chi connectivity index (χ1n) is 15.3. The van der Waals surface area contributed by atoms with Gasteiger partial charge in [-0.3, -0.25) is 34.4 Å². The monoisotopic (exact) mass is 617 g/mol. The Balaban J connectivity index is 1.31. The lowest BCUT2D eigenvalue weighted by Crippen LogP contribution is -2.29. The first kappa shape index (κ1) is 31.9. The van der Waals surface area contributed by atoms with Crippen LogP contribution in [0.3, 0.4) is 0 Å². The molecule has 3 aromatic carbocycles. The molecule has 1 unspecified atom stereocenters. The maximum Gasteiger partial charge on any atom is 0.243 e. The first-order valence-corrected chi connectivity index (χ1v) is 15.3. The molecule has 0 aliphatic heterocycles. The van der Waals surface area contributed by atoms with Crippen LogP contribution in [-0.4, -0.2) is 38.7 Å². The Morgan fingerprint density at radius 2 is 1.26 bits per heavy atom. The minimum atomic E-state index is -1.13. The largest absolute Gasteiger partial charge is 0.326 e. The molecule has 10 nitrogen and oxygen atoms in total. The number of hydroxylamine groups is 1. The molecule has 46 heavy (non-hydrogen) atoms. The van der Waals surface area contributed by atoms with Crippen LogP contribution >= 0.6 is 0 Å². The summed E-state index contributed by atoms with van der Waals surface area (Å²) in [5, 5.41) is 16.1. The highest BCUT2D eigenvalue weighted by Gasteiger charge is 2.29. The summed E-state index contributed by atoms with van der Waals surface area (Å²) >= 11 is 0. The molecule has 3 amide bonds. The molecule has 2 aromatic heterocycles. The normalized spacial score (nSPS) is 11.6. The van der Waals surface area contributed by atoms with Crippen molar-refractivity contribution in [2.24, 2.45) is 0 Å². The summed E-state index contributed by atoms with van der Waals surface area (Å²) in [5.74, 6) is -2.48. The summed E-state index contributed by atoms with van der Waals surface area (Å²) in [6.45, 7) is 0. The van der Waals surface area contributed by atoms with Gasteiger partial charge in [-0.25, -0.2) is 5.48 Å². The number of hydrogen-bond donors (Lipinski definition) is 4. The summed E-state index contributed by atoms with van der Waals surface area (Å²) in [7, 11) is 0. The number of fused-ring (bicyclic) bond motifs is 2. The number of benzene rings is 3. The van der Waals surface area contributed by atoms with Gasteiger partial charge in [0.25, 0.3) is 0 Å². The number of anilines is 2. The van der Waals surface area contributed by atoms with Crippen molar-refractivity contribution in [1.29, 1.82) is 0 Å². The highest BCUT2D eigenvalue weighted by molar-refractivity contribution is 6.14. The van der Waals surface area contributed by atoms with Crippen LogP contribution in [0.2, 0.25) is 0 Å². The van der Waals surface area contributed by atoms with Crippen molar-refractivity contribution < 1.29 is 24.4 Å². The molecule has 5 rings (SSSR count). The van der Waals surface area contributed by atoms with Gasteiger partial charge in [-0.2, -0.15) is 0 Å². The minimum Gasteiger partial charge on any atom is -0.326 e. The molecular formula is C36H35N5O5. The van der Waals surface area contributed by atoms with E-state index in [9.17, 15) is 19.2 Å². The smallest absolute Gasteiger partial charge is 0.243 e. The van der Waals surface area contributed by atoms with E-state index in [1.54, 1.807) is 48.2 Å². The fraction of sp³-hybridized carbons (Fsp3) is 0.222. The van der Waals surface area contributed by atoms with Crippen molar-refractivity contribution in [2.45, 2.75) is 50.9 Å². The standard InChI is InChI=1S/C36H35N5O5/c42-30(23-27-11-5-9-25-12-7-21-37-34(25)27)33(36(45)40-29-14-6-10-26-13-8-22-38-35(26)29)24-17-19-28(20-18-24)39-31(43)15-3-1-2-4-16-32(44)41-46/h5-14,17-22,33,46H,1-4,15-16,23H2,(H,39,43)(H,40,45)(H,41,44). The van der Waals surface area contributed by atoms with E-state index in [1.165, 1.54) is 0 Å². The van der Waals surface area contributed by atoms with E-state index in [0.717, 1.165) is 29.2 Å². The van der Waals surface area contributed by atoms with Crippen molar-refractivity contribution in [3.05, 3.63) is 108 Å². The van der Waals surface area contributed by atoms with Crippen molar-refractivity contribution in [1.82, 2.24) is 15.4 Å². The van der Waals surface area contributed by atoms with E-state index in [0.29, 0.717) is 47.2 Å². The van der Waals surface area contributed by atoms with Gasteiger partial charge in [0.1, 0.15) is 5.92 Å². The van der Waals surface area contributed by atoms with Gasteiger partial charge < -0.3 is 10.6 Å². The molecule has 0 saturated carbocycles. The van der Waals surface area contributed by atoms with Gasteiger partial charge in [0.2, 0.25) is 17.7 Å². The van der Waals surface area contributed by atoms with Crippen LogP contribution in [0.1, 0.15) is 55.6 Å². The molecule has 10 heteroatoms. The number of nitrogens with zero attached hydrogens (tertiary/aromatic N) is 2. The second kappa shape index (κ2) is 15.5. The first-order chi connectivity index (χ1) is 22.4. The molecule has 1 atom stereocenters. The van der Waals surface area contributed by atoms with Crippen LogP contribution in [0.4, 0.5) is 11.4 Å². The zero-order valence-corrected chi connectivity index (χ0v) is 25.2. The summed E-state index contributed by atoms with van der Waals surface area (Å²) in [4.78, 5) is 60.3. The number of amides is 3. The summed E-state index contributed by atoms with van der Waals surface area (Å²) < 4.78 is 0. The molecule has 234 valence electrons. The number of para-hydroxylation sites is 2. The van der Waals surface area contributed by atoms with Crippen molar-refractivity contribution in [3.8, 4) is 0 Å². The van der Waals surface area contributed by atoms with Crippen LogP contribution in [0.15, 0.2) is 97.3 Å². The molecule has 0 aliphatic carbocycles. The van der Waals surface area contributed by atoms with Crippen LogP contribution < -0.4 is 16.1 Å². The molecule has 2 heterocycles. The van der Waals surface area contributed by atoms with Crippen molar-refractivity contribution in [2.75, 3.05) is 10.6 Å². The molecule has 0 fully saturated rings. The molecule has 0 bridgehead atoms. The zero-order chi connectivity index (χ0) is 32.3. The van der Waals surface area contributed by atoms with Crippen LogP contribution in [-0.2, 0) is 25.6 Å². The third-order valence-electron chi connectivity index (χ3n) is 7.77. The van der Waals surface area contributed by atoms with Gasteiger partial charge in [0.05, 0.1) is 16.7 Å². The second-order valence-electron chi connectivity index (χ2n) is 11.1. The Hall–Kier alpha value is -5.48. The van der Waals surface area contributed by atoms with Gasteiger partial charge >= 0.3 is 0 Å². The molecule has 0 radical (unpaired) electrons. The third-order valence-corrected chi connectivity index (χ3v) is 7.77. The predicted octanol–water partition coefficient (Wildman–Crippen LogP) is 6.10. The van der Waals surface area contributed by atoms with Gasteiger partial charge in [0, 0.05) is 48.1 Å². The number of unbranched alkanes of at least 4 members (excludes halogenated alkanes) is 3. The topological polar surface area (TPSA) is 150 Å². The summed E-state index contributed by atoms with van der Waals surface area (Å²) in [6.07, 6.45) is 6.75. The lowest BCUT2D eigenvalue weighted by molar-refractivity contribution is -0.129. The van der Waals surface area contributed by atoms with E-state index >= 15 is 0 Å². The van der Waals surface area contributed by atoms with E-state index in [2.05, 4.69) is 20.6 Å². The highest BCUT2D eigenvalue weighted by atomic mass is 16.5. The Morgan fingerprint density at radius 3 is 1.96 bits per heavy atom. The van der Waals surface area contributed by atoms with Crippen LogP contribution in [0.25, 0.3) is 21.8 Å². The molecule has 0 aliphatic rings. The summed E-state index contributed by atoms with van der Waals surface area (Å²) in [6, 6.07) is 25.4. The summed E-state index contributed by atoms with van der Waals surface area (Å²) in [5.41, 5.74) is 5.23. The number of rotatable bonds is 14. The Kier molecular flexibility index (Phi) is 10.8. The van der Waals surface area contributed by atoms with E-state index in [-0.39, 0.29) is 24.5 Å². The number of pyridine rings is 2. The van der Waals surface area contributed by atoms with Gasteiger partial charge in [-0.05, 0) is 54.3 Å². The number of ketones is 1. The van der Waals surface area contributed by atoms with Crippen LogP contribution in [0.5, 0.6) is 0 Å². The van der Waals surface area contributed by atoms with E-state index in [1.807, 2.05) is 54.6 Å². The number of nitrogens with one attached hydrogen (secondary N) is 3. The van der Waals surface area contributed by atoms with E-state index < -0.39 is 17.7 Å². The van der Waals surface area contributed by atoms with Crippen molar-refractivity contribution >= 4 is 56.7 Å². The predicted molar refractivity (Wildman–Crippen MR) is 176 cm³/mol. The fourth-order valence-corrected chi connectivity index (χ4v) is 5.46. The number of aromatic nitrogens is 2. The average molecular weight is 618 g/mol. The highest BCUT2D eigenvalue weighted by Crippen LogP contribution is 2.27. The SMILES string of the molecule is O=C(CCCCCCC(=O)Nc1ccc(C(C(=O)Cc2cccc3cccnc23)C(=O)Nc2cccc3cccnc23)cc1)NO. The Morgan fingerprint density at radius 1 is 0.652 bits per heavy atom. The molecule has 4 N–H and O–H groups in total. The zero-order valence-electron chi connectivity index (χ0n) is 25.2. The average Bonchev–Trinajstić information content (AvgIpc) is 3.07. The van der Waals surface area contributed by atoms with Gasteiger partial charge in [-0.1, -0.05) is 67.4 Å². The second-order valence-corrected chi connectivity index (χ2v) is 11.1. The molecule has 5 aromatic rings. The molecule has 0 saturated heterocycles. The lowest BCUT2D eigenvalue weighted by Gasteiger charge is -2.18. The minimum absolute atomic E-state index is 0.00336. The van der Waals surface area contributed by atoms with E-state index in [4.69, 9.17) is 5.21 Å². The Bertz CT molecular complexity index is 1750. The fourth-order valence-electron chi connectivity index (χ4n) is 5.46. The van der Waals surface area contributed by atoms with Gasteiger partial charge in [0.15, 0.2) is 5.78 Å². The third kappa shape index (κ3) is 8.16. The van der Waals surface area contributed by atoms with Crippen LogP contribution in [0, 0.1) is 0 Å². The number of carbonyl (C=O) groups excluding carboxylic acids is 4. The van der Waals surface area contributed by atoms with Crippen molar-refractivity contribution in [3.63, 3.8) is 0 Å². The molecule has 0 spiro atoms. The maximum atomic E-state index is 14.0. The maximum absolute atomic E-state index is 14.0. The number of hydrogen-bond acceptors (Lipinski definition) is 7. The van der Waals surface area contributed by atoms with Gasteiger partial charge in [-0.15, -0.1) is 0 Å². The lowest BCUT2D eigenvalue weighted by atomic mass is 9.89. The molecular weight excluding hydrogens is 582 g/mol. The quantitative estimate of drug-likeness (QED) is 0.0509.